The van der Waals surface area contributed by atoms with E-state index in [2.05, 4.69) is 37.9 Å². The molecule has 2 aromatic rings. The van der Waals surface area contributed by atoms with Gasteiger partial charge in [-0.1, -0.05) is 38.3 Å². The summed E-state index contributed by atoms with van der Waals surface area (Å²) in [5.41, 5.74) is 2.07. The van der Waals surface area contributed by atoms with Crippen molar-refractivity contribution >= 4 is 23.0 Å². The minimum Gasteiger partial charge on any atom is -0.459 e. The molecule has 0 saturated carbocycles. The highest BCUT2D eigenvalue weighted by Gasteiger charge is 2.25. The van der Waals surface area contributed by atoms with Gasteiger partial charge in [-0.3, -0.25) is 0 Å². The van der Waals surface area contributed by atoms with E-state index < -0.39 is 43.6 Å². The van der Waals surface area contributed by atoms with Gasteiger partial charge < -0.3 is 35.2 Å². The average molecular weight is 538 g/mol. The summed E-state index contributed by atoms with van der Waals surface area (Å²) in [6.45, 7) is 3.15. The fourth-order valence-corrected chi connectivity index (χ4v) is 4.97. The number of carbonyl (C=O) groups is 1. The minimum absolute atomic E-state index is 0.312. The van der Waals surface area contributed by atoms with E-state index in [9.17, 15) is 25.2 Å². The Balaban J connectivity index is 1.77. The molecule has 0 spiro atoms. The number of esters is 1. The number of aliphatic hydroxyl groups is 5. The molecule has 9 heteroatoms. The molecule has 2 rings (SSSR count). The van der Waals surface area contributed by atoms with E-state index >= 15 is 0 Å². The van der Waals surface area contributed by atoms with Crippen molar-refractivity contribution in [2.24, 2.45) is 0 Å². The van der Waals surface area contributed by atoms with Crippen molar-refractivity contribution in [3.63, 3.8) is 0 Å². The average Bonchev–Trinajstić information content (AvgIpc) is 3.39. The Morgan fingerprint density at radius 1 is 0.973 bits per heavy atom. The lowest BCUT2D eigenvalue weighted by molar-refractivity contribution is -0.0925. The summed E-state index contributed by atoms with van der Waals surface area (Å²) >= 11 is 1.33. The molecule has 8 nitrogen and oxygen atoms in total. The van der Waals surface area contributed by atoms with Crippen molar-refractivity contribution in [3.05, 3.63) is 51.7 Å². The Kier molecular flexibility index (Phi) is 13.5. The van der Waals surface area contributed by atoms with Crippen molar-refractivity contribution in [1.29, 1.82) is 0 Å². The Hall–Kier alpha value is -2.01. The van der Waals surface area contributed by atoms with Crippen molar-refractivity contribution in [2.45, 2.75) is 89.3 Å². The Labute approximate surface area is 224 Å². The number of aryl methyl sites for hydroxylation is 1. The number of nitrogens with zero attached hydrogens (tertiary/aromatic N) is 1. The molecule has 0 aliphatic heterocycles. The highest BCUT2D eigenvalue weighted by molar-refractivity contribution is 7.13. The van der Waals surface area contributed by atoms with Gasteiger partial charge in [0.2, 0.25) is 0 Å². The fraction of sp³-hybridized carbons (Fsp3) is 0.607. The van der Waals surface area contributed by atoms with Crippen LogP contribution in [0.2, 0.25) is 0 Å². The van der Waals surface area contributed by atoms with Gasteiger partial charge in [-0.15, -0.1) is 11.3 Å². The molecule has 0 aliphatic rings. The zero-order valence-corrected chi connectivity index (χ0v) is 22.9. The van der Waals surface area contributed by atoms with E-state index in [1.807, 2.05) is 18.2 Å². The maximum atomic E-state index is 12.2. The SMILES string of the molecule is CCCCC[C@H](O)c1ccc(N(C)[C@H](C)CCCc2ccc(C(=O)OC[C@@H](O)[C@H](O)[C@@H](O)CO)s2)cc1. The number of hydrogen-bond donors (Lipinski definition) is 5. The monoisotopic (exact) mass is 537 g/mol. The number of hydrogen-bond acceptors (Lipinski definition) is 9. The summed E-state index contributed by atoms with van der Waals surface area (Å²) in [4.78, 5) is 15.9. The first-order valence-electron chi connectivity index (χ1n) is 13.1. The van der Waals surface area contributed by atoms with Gasteiger partial charge in [-0.05, 0) is 62.4 Å². The first-order valence-corrected chi connectivity index (χ1v) is 13.9. The molecule has 5 atom stereocenters. The van der Waals surface area contributed by atoms with Gasteiger partial charge in [-0.25, -0.2) is 4.79 Å². The van der Waals surface area contributed by atoms with E-state index in [4.69, 9.17) is 9.84 Å². The summed E-state index contributed by atoms with van der Waals surface area (Å²) in [6, 6.07) is 12.0. The van der Waals surface area contributed by atoms with Crippen LogP contribution in [0.25, 0.3) is 0 Å². The highest BCUT2D eigenvalue weighted by Crippen LogP contribution is 2.25. The van der Waals surface area contributed by atoms with Gasteiger partial charge in [0.1, 0.15) is 29.8 Å². The van der Waals surface area contributed by atoms with Crippen LogP contribution in [0.15, 0.2) is 36.4 Å². The summed E-state index contributed by atoms with van der Waals surface area (Å²) in [5, 5.41) is 48.0. The predicted octanol–water partition coefficient (Wildman–Crippen LogP) is 3.44. The van der Waals surface area contributed by atoms with Crippen LogP contribution in [-0.4, -0.2) is 76.1 Å². The van der Waals surface area contributed by atoms with Crippen LogP contribution in [0.4, 0.5) is 5.69 Å². The Bertz CT molecular complexity index is 920. The van der Waals surface area contributed by atoms with Gasteiger partial charge >= 0.3 is 5.97 Å². The molecule has 0 radical (unpaired) electrons. The van der Waals surface area contributed by atoms with Gasteiger partial charge in [-0.2, -0.15) is 0 Å². The lowest BCUT2D eigenvalue weighted by Gasteiger charge is -2.27. The van der Waals surface area contributed by atoms with Crippen LogP contribution in [0.3, 0.4) is 0 Å². The molecule has 1 aromatic heterocycles. The van der Waals surface area contributed by atoms with Crippen LogP contribution in [0.5, 0.6) is 0 Å². The second-order valence-electron chi connectivity index (χ2n) is 9.63. The van der Waals surface area contributed by atoms with Gasteiger partial charge in [0.05, 0.1) is 12.7 Å². The van der Waals surface area contributed by atoms with Crippen molar-refractivity contribution in [3.8, 4) is 0 Å². The third-order valence-corrected chi connectivity index (χ3v) is 7.82. The van der Waals surface area contributed by atoms with Crippen LogP contribution in [0.1, 0.15) is 78.6 Å². The fourth-order valence-electron chi connectivity index (χ4n) is 4.02. The number of aliphatic hydroxyl groups excluding tert-OH is 5. The molecular formula is C28H43NO7S. The van der Waals surface area contributed by atoms with Crippen molar-refractivity contribution in [1.82, 2.24) is 0 Å². The quantitative estimate of drug-likeness (QED) is 0.153. The summed E-state index contributed by atoms with van der Waals surface area (Å²) in [7, 11) is 2.07. The van der Waals surface area contributed by atoms with Gasteiger partial charge in [0.15, 0.2) is 0 Å². The second-order valence-corrected chi connectivity index (χ2v) is 10.8. The number of rotatable bonds is 17. The molecule has 5 N–H and O–H groups in total. The van der Waals surface area contributed by atoms with Crippen molar-refractivity contribution < 1.29 is 35.1 Å². The van der Waals surface area contributed by atoms with E-state index in [0.717, 1.165) is 61.1 Å². The van der Waals surface area contributed by atoms with Crippen molar-refractivity contribution in [2.75, 3.05) is 25.2 Å². The normalized spacial score (nSPS) is 15.6. The maximum Gasteiger partial charge on any atom is 0.348 e. The number of carbonyl (C=O) groups excluding carboxylic acids is 1. The standard InChI is InChI=1S/C28H43NO7S/c1-4-5-6-10-23(31)20-11-13-21(14-12-20)29(3)19(2)8-7-9-22-15-16-26(37-22)28(35)36-18-25(33)27(34)24(32)17-30/h11-16,19,23-25,27,30-34H,4-10,17-18H2,1-3H3/t19-,23+,24+,25-,27-/m1/s1. The lowest BCUT2D eigenvalue weighted by Crippen LogP contribution is -2.42. The molecule has 0 fully saturated rings. The van der Waals surface area contributed by atoms with Gasteiger partial charge in [0, 0.05) is 23.7 Å². The van der Waals surface area contributed by atoms with Crippen LogP contribution < -0.4 is 4.90 Å². The first kappa shape index (κ1) is 31.2. The third-order valence-electron chi connectivity index (χ3n) is 6.70. The lowest BCUT2D eigenvalue weighted by atomic mass is 10.0. The third kappa shape index (κ3) is 10.00. The van der Waals surface area contributed by atoms with E-state index in [1.54, 1.807) is 6.07 Å². The van der Waals surface area contributed by atoms with E-state index in [-0.39, 0.29) is 0 Å². The zero-order valence-electron chi connectivity index (χ0n) is 22.1. The predicted molar refractivity (Wildman–Crippen MR) is 146 cm³/mol. The molecular weight excluding hydrogens is 494 g/mol. The number of benzene rings is 1. The van der Waals surface area contributed by atoms with Gasteiger partial charge in [0.25, 0.3) is 0 Å². The Morgan fingerprint density at radius 3 is 2.32 bits per heavy atom. The number of thiophene rings is 1. The van der Waals surface area contributed by atoms with Crippen LogP contribution >= 0.6 is 11.3 Å². The summed E-state index contributed by atoms with van der Waals surface area (Å²) in [6.07, 6.45) is 1.84. The molecule has 0 saturated heterocycles. The summed E-state index contributed by atoms with van der Waals surface area (Å²) < 4.78 is 5.04. The largest absolute Gasteiger partial charge is 0.459 e. The number of anilines is 1. The molecule has 208 valence electrons. The second kappa shape index (κ2) is 16.1. The van der Waals surface area contributed by atoms with E-state index in [0.29, 0.717) is 10.9 Å². The van der Waals surface area contributed by atoms with Crippen LogP contribution in [-0.2, 0) is 11.2 Å². The number of ether oxygens (including phenoxy) is 1. The molecule has 0 bridgehead atoms. The molecule has 37 heavy (non-hydrogen) atoms. The smallest absolute Gasteiger partial charge is 0.348 e. The van der Waals surface area contributed by atoms with E-state index in [1.165, 1.54) is 11.3 Å². The highest BCUT2D eigenvalue weighted by atomic mass is 32.1. The molecule has 0 aliphatic carbocycles. The zero-order chi connectivity index (χ0) is 27.4. The molecule has 1 aromatic carbocycles. The Morgan fingerprint density at radius 2 is 1.68 bits per heavy atom. The molecule has 0 unspecified atom stereocenters. The minimum atomic E-state index is -1.60. The van der Waals surface area contributed by atoms with Crippen LogP contribution in [0, 0.1) is 0 Å². The maximum absolute atomic E-state index is 12.2. The summed E-state index contributed by atoms with van der Waals surface area (Å²) in [5.74, 6) is -0.604. The first-order chi connectivity index (χ1) is 17.7. The molecule has 0 amide bonds. The topological polar surface area (TPSA) is 131 Å². The number of unbranched alkanes of at least 4 members (excludes halogenated alkanes) is 2. The molecule has 1 heterocycles.